The maximum absolute atomic E-state index is 14.0. The van der Waals surface area contributed by atoms with E-state index < -0.39 is 17.7 Å². The van der Waals surface area contributed by atoms with Gasteiger partial charge >= 0.3 is 6.03 Å². The normalized spacial score (nSPS) is 21.6. The van der Waals surface area contributed by atoms with E-state index >= 15 is 0 Å². The van der Waals surface area contributed by atoms with Crippen LogP contribution in [0.25, 0.3) is 11.1 Å². The molecule has 3 aromatic carbocycles. The average Bonchev–Trinajstić information content (AvgIpc) is 2.82. The molecule has 0 radical (unpaired) electrons. The van der Waals surface area contributed by atoms with Gasteiger partial charge in [-0.2, -0.15) is 0 Å². The van der Waals surface area contributed by atoms with Crippen LogP contribution in [-0.2, 0) is 0 Å². The Morgan fingerprint density at radius 1 is 1.00 bits per heavy atom. The van der Waals surface area contributed by atoms with Gasteiger partial charge < -0.3 is 20.3 Å². The number of amides is 2. The number of fused-ring (bicyclic) bond motifs is 2. The van der Waals surface area contributed by atoms with Gasteiger partial charge in [-0.1, -0.05) is 36.4 Å². The third-order valence-corrected chi connectivity index (χ3v) is 6.35. The average molecular weight is 435 g/mol. The lowest BCUT2D eigenvalue weighted by Crippen LogP contribution is -2.74. The van der Waals surface area contributed by atoms with E-state index in [9.17, 15) is 13.6 Å². The van der Waals surface area contributed by atoms with E-state index in [4.69, 9.17) is 4.74 Å². The van der Waals surface area contributed by atoms with Crippen LogP contribution >= 0.6 is 0 Å². The van der Waals surface area contributed by atoms with Gasteiger partial charge in [0.2, 0.25) is 0 Å². The molecule has 164 valence electrons. The van der Waals surface area contributed by atoms with Crippen molar-refractivity contribution in [3.05, 3.63) is 83.9 Å². The molecule has 2 aliphatic rings. The summed E-state index contributed by atoms with van der Waals surface area (Å²) >= 11 is 0. The number of urea groups is 1. The van der Waals surface area contributed by atoms with Crippen LogP contribution in [0.1, 0.15) is 11.5 Å². The number of nitrogens with zero attached hydrogens (tertiary/aromatic N) is 1. The molecule has 0 saturated carbocycles. The number of rotatable bonds is 4. The first-order valence-electron chi connectivity index (χ1n) is 10.5. The highest BCUT2D eigenvalue weighted by Gasteiger charge is 2.53. The standard InChI is InChI=1S/C25H23F2N3O2/c1-32-19-4-2-3-17(11-19)15-5-7-16(8-6-15)24-22-13-28-14-23(24)30(22)25(31)29-21-12-18(26)9-10-20(21)27/h2-12,22-24,28H,13-14H2,1H3,(H,29,31)/t22-,23+,24?. The van der Waals surface area contributed by atoms with E-state index in [2.05, 4.69) is 34.9 Å². The van der Waals surface area contributed by atoms with Gasteiger partial charge in [0.1, 0.15) is 17.4 Å². The summed E-state index contributed by atoms with van der Waals surface area (Å²) in [6.45, 7) is 1.30. The van der Waals surface area contributed by atoms with Gasteiger partial charge in [0.05, 0.1) is 24.9 Å². The first kappa shape index (κ1) is 20.5. The Kier molecular flexibility index (Phi) is 5.27. The fourth-order valence-electron chi connectivity index (χ4n) is 4.80. The van der Waals surface area contributed by atoms with Crippen LogP contribution in [0.2, 0.25) is 0 Å². The van der Waals surface area contributed by atoms with Gasteiger partial charge in [0.15, 0.2) is 0 Å². The Labute approximate surface area is 185 Å². The molecular weight excluding hydrogens is 412 g/mol. The molecule has 2 amide bonds. The molecule has 3 atom stereocenters. The maximum Gasteiger partial charge on any atom is 0.322 e. The van der Waals surface area contributed by atoms with Crippen LogP contribution in [0, 0.1) is 11.6 Å². The third kappa shape index (κ3) is 3.58. The molecular formula is C25H23F2N3O2. The number of hydrogen-bond acceptors (Lipinski definition) is 3. The molecule has 1 unspecified atom stereocenters. The fraction of sp³-hybridized carbons (Fsp3) is 0.240. The number of halogens is 2. The minimum Gasteiger partial charge on any atom is -0.497 e. The van der Waals surface area contributed by atoms with Crippen molar-refractivity contribution in [3.8, 4) is 16.9 Å². The quantitative estimate of drug-likeness (QED) is 0.629. The van der Waals surface area contributed by atoms with Gasteiger partial charge in [-0.25, -0.2) is 13.6 Å². The number of anilines is 1. The summed E-state index contributed by atoms with van der Waals surface area (Å²) in [4.78, 5) is 14.6. The molecule has 0 aliphatic carbocycles. The van der Waals surface area contributed by atoms with Gasteiger partial charge in [-0.15, -0.1) is 0 Å². The summed E-state index contributed by atoms with van der Waals surface area (Å²) in [5.74, 6) is -0.254. The topological polar surface area (TPSA) is 53.6 Å². The molecule has 5 rings (SSSR count). The minimum absolute atomic E-state index is 0.0481. The zero-order valence-corrected chi connectivity index (χ0v) is 17.5. The highest BCUT2D eigenvalue weighted by Crippen LogP contribution is 2.43. The molecule has 5 nitrogen and oxygen atoms in total. The van der Waals surface area contributed by atoms with Crippen molar-refractivity contribution in [2.75, 3.05) is 25.5 Å². The summed E-state index contributed by atoms with van der Waals surface area (Å²) in [6, 6.07) is 18.8. The predicted molar refractivity (Wildman–Crippen MR) is 119 cm³/mol. The second-order valence-corrected chi connectivity index (χ2v) is 8.13. The summed E-state index contributed by atoms with van der Waals surface area (Å²) in [7, 11) is 1.65. The highest BCUT2D eigenvalue weighted by atomic mass is 19.1. The number of ether oxygens (including phenoxy) is 1. The van der Waals surface area contributed by atoms with Crippen molar-refractivity contribution in [1.82, 2.24) is 10.2 Å². The van der Waals surface area contributed by atoms with Crippen LogP contribution in [0.15, 0.2) is 66.7 Å². The van der Waals surface area contributed by atoms with Crippen molar-refractivity contribution < 1.29 is 18.3 Å². The summed E-state index contributed by atoms with van der Waals surface area (Å²) in [5, 5.41) is 5.86. The van der Waals surface area contributed by atoms with E-state index in [0.29, 0.717) is 13.1 Å². The van der Waals surface area contributed by atoms with Crippen LogP contribution < -0.4 is 15.4 Å². The van der Waals surface area contributed by atoms with Crippen molar-refractivity contribution in [3.63, 3.8) is 0 Å². The smallest absolute Gasteiger partial charge is 0.322 e. The summed E-state index contributed by atoms with van der Waals surface area (Å²) in [5.41, 5.74) is 3.18. The molecule has 7 heteroatoms. The first-order valence-corrected chi connectivity index (χ1v) is 10.5. The Morgan fingerprint density at radius 2 is 1.75 bits per heavy atom. The second-order valence-electron chi connectivity index (χ2n) is 8.13. The number of piperidine rings is 1. The number of likely N-dealkylation sites (tertiary alicyclic amines) is 1. The number of benzene rings is 3. The van der Waals surface area contributed by atoms with E-state index in [1.807, 2.05) is 24.3 Å². The molecule has 2 N–H and O–H groups in total. The SMILES string of the molecule is COc1cccc(-c2ccc(C3[C@H]4CNC[C@@H]3N4C(=O)Nc3cc(F)ccc3F)cc2)c1. The minimum atomic E-state index is -0.659. The van der Waals surface area contributed by atoms with Crippen molar-refractivity contribution in [2.45, 2.75) is 18.0 Å². The lowest BCUT2D eigenvalue weighted by Gasteiger charge is -2.59. The molecule has 0 spiro atoms. The zero-order chi connectivity index (χ0) is 22.2. The molecule has 3 aromatic rings. The number of carbonyl (C=O) groups excluding carboxylic acids is 1. The number of carbonyl (C=O) groups is 1. The van der Waals surface area contributed by atoms with Crippen molar-refractivity contribution in [2.24, 2.45) is 0 Å². The van der Waals surface area contributed by atoms with Gasteiger partial charge in [0, 0.05) is 25.1 Å². The first-order chi connectivity index (χ1) is 15.5. The van der Waals surface area contributed by atoms with Crippen LogP contribution in [0.4, 0.5) is 19.3 Å². The molecule has 2 bridgehead atoms. The van der Waals surface area contributed by atoms with E-state index in [1.165, 1.54) is 0 Å². The molecule has 2 aliphatic heterocycles. The van der Waals surface area contributed by atoms with Gasteiger partial charge in [0.25, 0.3) is 0 Å². The van der Waals surface area contributed by atoms with Gasteiger partial charge in [-0.05, 0) is 41.0 Å². The lowest BCUT2D eigenvalue weighted by atomic mass is 9.72. The number of methoxy groups -OCH3 is 1. The van der Waals surface area contributed by atoms with Crippen LogP contribution in [-0.4, -0.2) is 43.2 Å². The Balaban J connectivity index is 1.32. The predicted octanol–water partition coefficient (Wildman–Crippen LogP) is 4.61. The Hall–Kier alpha value is -3.45. The van der Waals surface area contributed by atoms with Crippen LogP contribution in [0.5, 0.6) is 5.75 Å². The van der Waals surface area contributed by atoms with E-state index in [1.54, 1.807) is 12.0 Å². The van der Waals surface area contributed by atoms with E-state index in [0.717, 1.165) is 40.6 Å². The Bertz CT molecular complexity index is 1140. The van der Waals surface area contributed by atoms with Crippen molar-refractivity contribution in [1.29, 1.82) is 0 Å². The van der Waals surface area contributed by atoms with Gasteiger partial charge in [-0.3, -0.25) is 0 Å². The number of piperazine rings is 1. The van der Waals surface area contributed by atoms with Crippen molar-refractivity contribution >= 4 is 11.7 Å². The summed E-state index contributed by atoms with van der Waals surface area (Å²) in [6.07, 6.45) is 0. The molecule has 32 heavy (non-hydrogen) atoms. The molecule has 2 fully saturated rings. The second kappa shape index (κ2) is 8.24. The maximum atomic E-state index is 14.0. The zero-order valence-electron chi connectivity index (χ0n) is 17.5. The highest BCUT2D eigenvalue weighted by molar-refractivity contribution is 5.91. The molecule has 2 saturated heterocycles. The molecule has 0 aromatic heterocycles. The number of nitrogens with one attached hydrogen (secondary N) is 2. The Morgan fingerprint density at radius 3 is 2.47 bits per heavy atom. The fourth-order valence-corrected chi connectivity index (χ4v) is 4.80. The largest absolute Gasteiger partial charge is 0.497 e. The third-order valence-electron chi connectivity index (χ3n) is 6.35. The van der Waals surface area contributed by atoms with Crippen LogP contribution in [0.3, 0.4) is 0 Å². The monoisotopic (exact) mass is 435 g/mol. The molecule has 2 heterocycles. The van der Waals surface area contributed by atoms with E-state index in [-0.39, 0.29) is 23.7 Å². The number of hydrogen-bond donors (Lipinski definition) is 2. The lowest BCUT2D eigenvalue weighted by molar-refractivity contribution is 0.00199. The summed E-state index contributed by atoms with van der Waals surface area (Å²) < 4.78 is 32.7.